The molecule has 0 aliphatic carbocycles. The van der Waals surface area contributed by atoms with E-state index >= 15 is 0 Å². The van der Waals surface area contributed by atoms with Crippen molar-refractivity contribution < 1.29 is 23.5 Å². The number of carbonyl (C=O) groups excluding carboxylic acids is 1. The zero-order chi connectivity index (χ0) is 30.3. The third-order valence-electron chi connectivity index (χ3n) is 7.72. The Kier molecular flexibility index (Phi) is 7.37. The molecule has 6 rings (SSSR count). The number of likely N-dealkylation sites (tertiary alicyclic amines) is 1. The Hall–Kier alpha value is -4.74. The van der Waals surface area contributed by atoms with Crippen molar-refractivity contribution in [3.63, 3.8) is 0 Å². The first kappa shape index (κ1) is 28.4. The summed E-state index contributed by atoms with van der Waals surface area (Å²) >= 11 is 6.29. The van der Waals surface area contributed by atoms with Gasteiger partial charge in [0, 0.05) is 52.3 Å². The van der Waals surface area contributed by atoms with E-state index in [-0.39, 0.29) is 55.6 Å². The van der Waals surface area contributed by atoms with Gasteiger partial charge >= 0.3 is 5.97 Å². The predicted molar refractivity (Wildman–Crippen MR) is 158 cm³/mol. The molecule has 1 saturated heterocycles. The molecule has 0 atom stereocenters. The number of nitrogens with one attached hydrogen (secondary N) is 1. The van der Waals surface area contributed by atoms with Crippen LogP contribution < -0.4 is 11.1 Å². The highest BCUT2D eigenvalue weighted by molar-refractivity contribution is 6.31. The van der Waals surface area contributed by atoms with Gasteiger partial charge in [-0.05, 0) is 61.4 Å². The van der Waals surface area contributed by atoms with Crippen LogP contribution in [0.4, 0.5) is 20.4 Å². The molecule has 0 saturated carbocycles. The summed E-state index contributed by atoms with van der Waals surface area (Å²) in [7, 11) is 0. The highest BCUT2D eigenvalue weighted by Gasteiger charge is 2.39. The first-order chi connectivity index (χ1) is 20.6. The zero-order valence-corrected chi connectivity index (χ0v) is 23.4. The fourth-order valence-corrected chi connectivity index (χ4v) is 5.42. The summed E-state index contributed by atoms with van der Waals surface area (Å²) in [6.45, 7) is 0.606. The second-order valence-electron chi connectivity index (χ2n) is 10.5. The number of halogens is 3. The average Bonchev–Trinajstić information content (AvgIpc) is 3.14. The smallest absolute Gasteiger partial charge is 0.323 e. The van der Waals surface area contributed by atoms with Crippen LogP contribution in [0, 0.1) is 11.6 Å². The Balaban J connectivity index is 1.24. The number of fused-ring (bicyclic) bond motifs is 3. The summed E-state index contributed by atoms with van der Waals surface area (Å²) in [4.78, 5) is 39.6. The fraction of sp³-hybridized carbons (Fsp3) is 0.194. The number of benzene rings is 3. The SMILES string of the molecule is NC1(C(=O)O)CCN(C(=O)c2ccc(Nc3ncc4c(n3)-c3ccc(Cl)cc3C(c3c(F)cccc3F)=NC4)cc2)CC1. The quantitative estimate of drug-likeness (QED) is 0.286. The number of nitrogens with two attached hydrogens (primary N) is 1. The summed E-state index contributed by atoms with van der Waals surface area (Å²) in [6.07, 6.45) is 1.97. The molecule has 0 radical (unpaired) electrons. The van der Waals surface area contributed by atoms with Crippen LogP contribution in [0.15, 0.2) is 71.9 Å². The molecule has 43 heavy (non-hydrogen) atoms. The maximum Gasteiger partial charge on any atom is 0.323 e. The molecule has 2 aliphatic heterocycles. The minimum atomic E-state index is -1.31. The highest BCUT2D eigenvalue weighted by atomic mass is 35.5. The molecule has 3 heterocycles. The van der Waals surface area contributed by atoms with Crippen LogP contribution in [0.3, 0.4) is 0 Å². The van der Waals surface area contributed by atoms with E-state index in [4.69, 9.17) is 22.3 Å². The first-order valence-corrected chi connectivity index (χ1v) is 13.8. The van der Waals surface area contributed by atoms with Crippen molar-refractivity contribution in [3.05, 3.63) is 106 Å². The van der Waals surface area contributed by atoms with Crippen LogP contribution in [0.5, 0.6) is 0 Å². The number of piperidine rings is 1. The van der Waals surface area contributed by atoms with Crippen LogP contribution in [0.2, 0.25) is 5.02 Å². The molecule has 1 aromatic heterocycles. The van der Waals surface area contributed by atoms with Gasteiger partial charge in [-0.15, -0.1) is 0 Å². The summed E-state index contributed by atoms with van der Waals surface area (Å²) in [6, 6.07) is 15.4. The van der Waals surface area contributed by atoms with Crippen molar-refractivity contribution in [1.82, 2.24) is 14.9 Å². The van der Waals surface area contributed by atoms with Crippen molar-refractivity contribution >= 4 is 40.8 Å². The van der Waals surface area contributed by atoms with Gasteiger partial charge < -0.3 is 21.1 Å². The molecule has 4 aromatic rings. The Morgan fingerprint density at radius 3 is 2.37 bits per heavy atom. The molecule has 0 bridgehead atoms. The number of anilines is 2. The van der Waals surface area contributed by atoms with Crippen molar-refractivity contribution in [3.8, 4) is 11.3 Å². The van der Waals surface area contributed by atoms with Crippen LogP contribution in [-0.4, -0.2) is 56.2 Å². The van der Waals surface area contributed by atoms with E-state index in [9.17, 15) is 23.5 Å². The third-order valence-corrected chi connectivity index (χ3v) is 7.96. The van der Waals surface area contributed by atoms with Crippen molar-refractivity contribution in [1.29, 1.82) is 0 Å². The van der Waals surface area contributed by atoms with Gasteiger partial charge in [0.2, 0.25) is 5.95 Å². The number of aromatic nitrogens is 2. The molecule has 2 aliphatic rings. The Bertz CT molecular complexity index is 1770. The number of carboxylic acid groups (broad SMARTS) is 1. The van der Waals surface area contributed by atoms with E-state index in [1.165, 1.54) is 18.2 Å². The van der Waals surface area contributed by atoms with Crippen LogP contribution in [-0.2, 0) is 11.3 Å². The molecule has 9 nitrogen and oxygen atoms in total. The van der Waals surface area contributed by atoms with Gasteiger partial charge in [0.05, 0.1) is 23.5 Å². The lowest BCUT2D eigenvalue weighted by molar-refractivity contribution is -0.145. The van der Waals surface area contributed by atoms with Gasteiger partial charge in [0.25, 0.3) is 5.91 Å². The molecule has 3 aromatic carbocycles. The maximum absolute atomic E-state index is 14.8. The van der Waals surface area contributed by atoms with Gasteiger partial charge in [-0.3, -0.25) is 14.6 Å². The van der Waals surface area contributed by atoms with Crippen molar-refractivity contribution in [2.75, 3.05) is 18.4 Å². The van der Waals surface area contributed by atoms with Crippen molar-refractivity contribution in [2.45, 2.75) is 24.9 Å². The molecule has 0 spiro atoms. The van der Waals surface area contributed by atoms with Gasteiger partial charge in [-0.25, -0.2) is 18.7 Å². The Labute approximate surface area is 250 Å². The minimum absolute atomic E-state index is 0.0933. The first-order valence-electron chi connectivity index (χ1n) is 13.5. The lowest BCUT2D eigenvalue weighted by Gasteiger charge is -2.36. The van der Waals surface area contributed by atoms with Crippen LogP contribution in [0.1, 0.15) is 39.9 Å². The molecule has 1 amide bonds. The molecular weight excluding hydrogens is 578 g/mol. The van der Waals surface area contributed by atoms with E-state index in [0.717, 1.165) is 0 Å². The Morgan fingerprint density at radius 1 is 1.00 bits per heavy atom. The molecule has 218 valence electrons. The van der Waals surface area contributed by atoms with Crippen LogP contribution >= 0.6 is 11.6 Å². The summed E-state index contributed by atoms with van der Waals surface area (Å²) in [5.74, 6) is -2.48. The number of aliphatic carboxylic acids is 1. The van der Waals surface area contributed by atoms with E-state index in [1.807, 2.05) is 0 Å². The minimum Gasteiger partial charge on any atom is -0.480 e. The summed E-state index contributed by atoms with van der Waals surface area (Å²) in [5.41, 5.74) is 7.81. The van der Waals surface area contributed by atoms with Crippen molar-refractivity contribution in [2.24, 2.45) is 10.7 Å². The number of hydrogen-bond donors (Lipinski definition) is 3. The second-order valence-corrected chi connectivity index (χ2v) is 10.9. The molecule has 0 unspecified atom stereocenters. The molecule has 12 heteroatoms. The second kappa shape index (κ2) is 11.2. The van der Waals surface area contributed by atoms with Gasteiger partial charge in [-0.1, -0.05) is 23.7 Å². The standard InChI is InChI=1S/C31H25ClF2N6O3/c32-19-6-9-21-22(14-19)27(25-23(33)2-1-3-24(25)34)36-15-18-16-37-30(39-26(18)21)38-20-7-4-17(5-8-20)28(41)40-12-10-31(35,11-13-40)29(42)43/h1-9,14,16H,10-13,15,35H2,(H,42,43)(H,37,38,39). The van der Waals surface area contributed by atoms with E-state index in [0.29, 0.717) is 38.7 Å². The van der Waals surface area contributed by atoms with Crippen LogP contribution in [0.25, 0.3) is 11.3 Å². The number of nitrogens with zero attached hydrogens (tertiary/aromatic N) is 4. The topological polar surface area (TPSA) is 134 Å². The third kappa shape index (κ3) is 5.44. The maximum atomic E-state index is 14.8. The van der Waals surface area contributed by atoms with E-state index < -0.39 is 23.1 Å². The molecule has 1 fully saturated rings. The average molecular weight is 603 g/mol. The molecule has 4 N–H and O–H groups in total. The summed E-state index contributed by atoms with van der Waals surface area (Å²) in [5, 5.41) is 12.8. The lowest BCUT2D eigenvalue weighted by atomic mass is 9.88. The normalized spacial score (nSPS) is 15.5. The van der Waals surface area contributed by atoms with E-state index in [1.54, 1.807) is 53.6 Å². The fourth-order valence-electron chi connectivity index (χ4n) is 5.25. The number of amides is 1. The van der Waals surface area contributed by atoms with Gasteiger partial charge in [0.15, 0.2) is 0 Å². The highest BCUT2D eigenvalue weighted by Crippen LogP contribution is 2.35. The number of hydrogen-bond acceptors (Lipinski definition) is 7. The zero-order valence-electron chi connectivity index (χ0n) is 22.7. The summed E-state index contributed by atoms with van der Waals surface area (Å²) < 4.78 is 29.6. The largest absolute Gasteiger partial charge is 0.480 e. The molecular formula is C31H25ClF2N6O3. The number of carbonyl (C=O) groups is 2. The van der Waals surface area contributed by atoms with E-state index in [2.05, 4.69) is 15.3 Å². The monoisotopic (exact) mass is 602 g/mol. The number of aliphatic imine (C=N–C) groups is 1. The lowest BCUT2D eigenvalue weighted by Crippen LogP contribution is -2.56. The van der Waals surface area contributed by atoms with Gasteiger partial charge in [0.1, 0.15) is 17.2 Å². The number of carboxylic acids is 1. The predicted octanol–water partition coefficient (Wildman–Crippen LogP) is 5.19. The van der Waals surface area contributed by atoms with Gasteiger partial charge in [-0.2, -0.15) is 0 Å². The number of rotatable bonds is 5. The Morgan fingerprint density at radius 2 is 1.70 bits per heavy atom.